The van der Waals surface area contributed by atoms with E-state index in [1.54, 1.807) is 11.3 Å². The van der Waals surface area contributed by atoms with Crippen molar-refractivity contribution in [2.75, 3.05) is 6.54 Å². The normalized spacial score (nSPS) is 17.9. The molecule has 5 heteroatoms. The van der Waals surface area contributed by atoms with E-state index in [2.05, 4.69) is 46.1 Å². The maximum Gasteiger partial charge on any atom is 0.176 e. The van der Waals surface area contributed by atoms with Crippen molar-refractivity contribution in [2.45, 2.75) is 26.4 Å². The number of Topliss-reactive ketones (excluding diaryl/α,β-unsaturated/α-hetero) is 1. The number of benzene rings is 1. The van der Waals surface area contributed by atoms with Crippen molar-refractivity contribution >= 4 is 27.2 Å². The first-order valence-electron chi connectivity index (χ1n) is 10.7. The van der Waals surface area contributed by atoms with Gasteiger partial charge in [-0.15, -0.1) is 11.3 Å². The topological polar surface area (TPSA) is 46.1 Å². The maximum atomic E-state index is 13.3. The van der Waals surface area contributed by atoms with E-state index in [1.807, 2.05) is 48.8 Å². The summed E-state index contributed by atoms with van der Waals surface area (Å²) in [6.45, 7) is 4.49. The monoisotopic (exact) mass is 427 g/mol. The molecule has 1 aliphatic carbocycles. The number of aromatic nitrogens is 2. The molecule has 1 fully saturated rings. The molecular formula is C26H25N3OS. The molecule has 4 nitrogen and oxygen atoms in total. The minimum absolute atomic E-state index is 0.127. The summed E-state index contributed by atoms with van der Waals surface area (Å²) in [7, 11) is 0. The number of hydrogen-bond donors (Lipinski definition) is 0. The number of pyridine rings is 2. The van der Waals surface area contributed by atoms with Crippen LogP contribution in [0.4, 0.5) is 0 Å². The molecule has 0 saturated heterocycles. The van der Waals surface area contributed by atoms with E-state index in [1.165, 1.54) is 10.1 Å². The summed E-state index contributed by atoms with van der Waals surface area (Å²) in [6, 6.07) is 20.3. The molecule has 0 unspecified atom stereocenters. The molecule has 0 aliphatic heterocycles. The molecule has 4 aromatic rings. The van der Waals surface area contributed by atoms with Gasteiger partial charge >= 0.3 is 0 Å². The molecule has 3 aromatic heterocycles. The lowest BCUT2D eigenvalue weighted by molar-refractivity contribution is 0.0959. The van der Waals surface area contributed by atoms with Crippen molar-refractivity contribution in [1.82, 2.24) is 14.9 Å². The molecule has 5 rings (SSSR count). The van der Waals surface area contributed by atoms with Crippen LogP contribution >= 0.6 is 11.3 Å². The van der Waals surface area contributed by atoms with Crippen molar-refractivity contribution in [1.29, 1.82) is 0 Å². The Balaban J connectivity index is 1.30. The Kier molecular flexibility index (Phi) is 5.62. The van der Waals surface area contributed by atoms with Crippen molar-refractivity contribution in [3.8, 4) is 0 Å². The van der Waals surface area contributed by atoms with Gasteiger partial charge in [0.15, 0.2) is 5.78 Å². The van der Waals surface area contributed by atoms with Crippen LogP contribution in [0.5, 0.6) is 0 Å². The fourth-order valence-corrected chi connectivity index (χ4v) is 5.52. The van der Waals surface area contributed by atoms with Crippen LogP contribution in [0.15, 0.2) is 73.1 Å². The summed E-state index contributed by atoms with van der Waals surface area (Å²) < 4.78 is 1.20. The fraction of sp³-hybridized carbons (Fsp3) is 0.269. The molecule has 0 bridgehead atoms. The third kappa shape index (κ3) is 4.43. The third-order valence-corrected chi connectivity index (χ3v) is 7.33. The van der Waals surface area contributed by atoms with Crippen molar-refractivity contribution in [2.24, 2.45) is 11.8 Å². The number of hydrogen-bond acceptors (Lipinski definition) is 5. The predicted octanol–water partition coefficient (Wildman–Crippen LogP) is 5.52. The van der Waals surface area contributed by atoms with E-state index in [0.717, 1.165) is 47.9 Å². The molecule has 3 heterocycles. The average Bonchev–Trinajstić information content (AvgIpc) is 3.49. The molecule has 0 spiro atoms. The van der Waals surface area contributed by atoms with Crippen molar-refractivity contribution in [3.63, 3.8) is 0 Å². The van der Waals surface area contributed by atoms with Gasteiger partial charge in [0.2, 0.25) is 0 Å². The second kappa shape index (κ2) is 8.69. The highest BCUT2D eigenvalue weighted by Crippen LogP contribution is 2.44. The van der Waals surface area contributed by atoms with Crippen LogP contribution in [-0.4, -0.2) is 27.2 Å². The van der Waals surface area contributed by atoms with Crippen LogP contribution < -0.4 is 0 Å². The van der Waals surface area contributed by atoms with Crippen molar-refractivity contribution in [3.05, 3.63) is 94.9 Å². The van der Waals surface area contributed by atoms with Gasteiger partial charge < -0.3 is 0 Å². The molecule has 1 aromatic carbocycles. The number of aryl methyl sites for hydroxylation is 1. The summed E-state index contributed by atoms with van der Waals surface area (Å²) in [5, 5.41) is 1.21. The Bertz CT molecular complexity index is 1150. The Hall–Kier alpha value is -2.89. The number of nitrogens with zero attached hydrogens (tertiary/aromatic N) is 3. The first kappa shape index (κ1) is 20.0. The van der Waals surface area contributed by atoms with Gasteiger partial charge in [-0.25, -0.2) is 0 Å². The number of rotatable bonds is 8. The largest absolute Gasteiger partial charge is 0.293 e. The number of ketones is 1. The molecule has 0 N–H and O–H groups in total. The van der Waals surface area contributed by atoms with Crippen LogP contribution in [0.1, 0.15) is 33.0 Å². The maximum absolute atomic E-state index is 13.3. The Labute approximate surface area is 186 Å². The van der Waals surface area contributed by atoms with Gasteiger partial charge in [0.25, 0.3) is 0 Å². The zero-order valence-electron chi connectivity index (χ0n) is 17.6. The average molecular weight is 428 g/mol. The van der Waals surface area contributed by atoms with Gasteiger partial charge in [-0.05, 0) is 60.5 Å². The molecule has 2 atom stereocenters. The lowest BCUT2D eigenvalue weighted by Crippen LogP contribution is -2.27. The van der Waals surface area contributed by atoms with E-state index in [9.17, 15) is 4.79 Å². The fourth-order valence-electron chi connectivity index (χ4n) is 4.31. The predicted molar refractivity (Wildman–Crippen MR) is 125 cm³/mol. The Morgan fingerprint density at radius 3 is 2.23 bits per heavy atom. The molecule has 0 radical (unpaired) electrons. The first-order chi connectivity index (χ1) is 15.2. The highest BCUT2D eigenvalue weighted by molar-refractivity contribution is 7.21. The van der Waals surface area contributed by atoms with Crippen LogP contribution in [0, 0.1) is 18.8 Å². The second-order valence-corrected chi connectivity index (χ2v) is 9.38. The number of carbonyl (C=O) groups excluding carboxylic acids is 1. The number of fused-ring (bicyclic) bond motifs is 1. The molecule has 31 heavy (non-hydrogen) atoms. The SMILES string of the molecule is Cc1c(C(=O)[C@@H]2C[C@H]2CN(Cc2ccccn2)Cc2ccccn2)sc2ccccc12. The summed E-state index contributed by atoms with van der Waals surface area (Å²) in [5.41, 5.74) is 3.22. The minimum Gasteiger partial charge on any atom is -0.293 e. The van der Waals surface area contributed by atoms with Crippen LogP contribution in [0.25, 0.3) is 10.1 Å². The Morgan fingerprint density at radius 2 is 1.61 bits per heavy atom. The first-order valence-corrected chi connectivity index (χ1v) is 11.5. The highest BCUT2D eigenvalue weighted by atomic mass is 32.1. The minimum atomic E-state index is 0.127. The quantitative estimate of drug-likeness (QED) is 0.347. The zero-order chi connectivity index (χ0) is 21.2. The van der Waals surface area contributed by atoms with Gasteiger partial charge in [-0.2, -0.15) is 0 Å². The lowest BCUT2D eigenvalue weighted by Gasteiger charge is -2.21. The van der Waals surface area contributed by atoms with Gasteiger partial charge in [0.05, 0.1) is 16.3 Å². The molecule has 0 amide bonds. The van der Waals surface area contributed by atoms with E-state index < -0.39 is 0 Å². The summed E-state index contributed by atoms with van der Waals surface area (Å²) in [4.78, 5) is 25.6. The molecule has 1 saturated carbocycles. The summed E-state index contributed by atoms with van der Waals surface area (Å²) in [5.74, 6) is 0.839. The van der Waals surface area contributed by atoms with E-state index >= 15 is 0 Å². The molecule has 156 valence electrons. The third-order valence-electron chi connectivity index (χ3n) is 6.04. The molecule has 1 aliphatic rings. The zero-order valence-corrected chi connectivity index (χ0v) is 18.4. The lowest BCUT2D eigenvalue weighted by atomic mass is 10.1. The number of thiophene rings is 1. The van der Waals surface area contributed by atoms with Crippen LogP contribution in [-0.2, 0) is 13.1 Å². The van der Waals surface area contributed by atoms with E-state index in [4.69, 9.17) is 0 Å². The van der Waals surface area contributed by atoms with E-state index in [0.29, 0.717) is 11.7 Å². The Morgan fingerprint density at radius 1 is 0.968 bits per heavy atom. The van der Waals surface area contributed by atoms with Gasteiger partial charge in [0, 0.05) is 42.6 Å². The van der Waals surface area contributed by atoms with E-state index in [-0.39, 0.29) is 5.92 Å². The van der Waals surface area contributed by atoms with Crippen LogP contribution in [0.3, 0.4) is 0 Å². The summed E-state index contributed by atoms with van der Waals surface area (Å²) >= 11 is 1.64. The van der Waals surface area contributed by atoms with Crippen LogP contribution in [0.2, 0.25) is 0 Å². The molecular weight excluding hydrogens is 402 g/mol. The van der Waals surface area contributed by atoms with Gasteiger partial charge in [-0.3, -0.25) is 19.7 Å². The summed E-state index contributed by atoms with van der Waals surface area (Å²) in [6.07, 6.45) is 4.64. The van der Waals surface area contributed by atoms with Crippen molar-refractivity contribution < 1.29 is 4.79 Å². The highest BCUT2D eigenvalue weighted by Gasteiger charge is 2.44. The van der Waals surface area contributed by atoms with Gasteiger partial charge in [0.1, 0.15) is 0 Å². The van der Waals surface area contributed by atoms with Gasteiger partial charge in [-0.1, -0.05) is 30.3 Å². The second-order valence-electron chi connectivity index (χ2n) is 8.33. The standard InChI is InChI=1S/C26H25N3OS/c1-18-22-10-2-3-11-24(22)31-26(18)25(30)23-14-19(23)15-29(16-20-8-4-6-12-27-20)17-21-9-5-7-13-28-21/h2-13,19,23H,14-17H2,1H3/t19-,23+/m0/s1. The number of carbonyl (C=O) groups is 1. The smallest absolute Gasteiger partial charge is 0.176 e.